The van der Waals surface area contributed by atoms with Crippen LogP contribution >= 0.6 is 15.9 Å². The molecule has 7 heteroatoms. The molecule has 0 saturated carbocycles. The molecule has 0 aliphatic carbocycles. The molecule has 1 heterocycles. The van der Waals surface area contributed by atoms with E-state index in [1.165, 1.54) is 13.4 Å². The second-order valence-corrected chi connectivity index (χ2v) is 4.58. The van der Waals surface area contributed by atoms with Crippen molar-refractivity contribution in [3.05, 3.63) is 52.1 Å². The van der Waals surface area contributed by atoms with Gasteiger partial charge in [0.05, 0.1) is 23.3 Å². The first-order chi connectivity index (χ1) is 9.17. The van der Waals surface area contributed by atoms with Crippen molar-refractivity contribution in [2.24, 2.45) is 5.84 Å². The molecule has 0 amide bonds. The summed E-state index contributed by atoms with van der Waals surface area (Å²) in [5, 5.41) is 0. The zero-order valence-electron chi connectivity index (χ0n) is 10.1. The minimum Gasteiger partial charge on any atom is -0.481 e. The van der Waals surface area contributed by atoms with E-state index in [2.05, 4.69) is 31.3 Å². The van der Waals surface area contributed by atoms with Crippen LogP contribution in [0.25, 0.3) is 0 Å². The van der Waals surface area contributed by atoms with Crippen LogP contribution in [0.1, 0.15) is 17.3 Å². The highest BCUT2D eigenvalue weighted by Crippen LogP contribution is 2.27. The van der Waals surface area contributed by atoms with Gasteiger partial charge in [-0.05, 0) is 22.0 Å². The van der Waals surface area contributed by atoms with E-state index in [9.17, 15) is 4.39 Å². The summed E-state index contributed by atoms with van der Waals surface area (Å²) in [5.74, 6) is 5.52. The third kappa shape index (κ3) is 2.89. The van der Waals surface area contributed by atoms with Gasteiger partial charge in [-0.3, -0.25) is 5.84 Å². The van der Waals surface area contributed by atoms with E-state index in [0.29, 0.717) is 21.6 Å². The molecule has 0 spiro atoms. The van der Waals surface area contributed by atoms with Crippen molar-refractivity contribution >= 4 is 15.9 Å². The highest BCUT2D eigenvalue weighted by molar-refractivity contribution is 9.10. The standard InChI is InChI=1S/C12H12BrFN4O/c1-19-10-5-9(16-6-17-10)12(18-15)7-3-2-4-8(13)11(7)14/h2-6,12,18H,15H2,1H3. The van der Waals surface area contributed by atoms with Gasteiger partial charge in [-0.25, -0.2) is 19.8 Å². The number of hydrogen-bond acceptors (Lipinski definition) is 5. The number of hydrazine groups is 1. The Labute approximate surface area is 118 Å². The molecule has 0 saturated heterocycles. The summed E-state index contributed by atoms with van der Waals surface area (Å²) in [4.78, 5) is 7.99. The molecule has 2 aromatic rings. The largest absolute Gasteiger partial charge is 0.481 e. The van der Waals surface area contributed by atoms with Gasteiger partial charge in [-0.2, -0.15) is 0 Å². The lowest BCUT2D eigenvalue weighted by Crippen LogP contribution is -2.30. The van der Waals surface area contributed by atoms with Crippen LogP contribution in [0.5, 0.6) is 5.88 Å². The molecule has 0 aliphatic rings. The van der Waals surface area contributed by atoms with E-state index in [1.807, 2.05) is 0 Å². The third-order valence-corrected chi connectivity index (χ3v) is 3.24. The summed E-state index contributed by atoms with van der Waals surface area (Å²) < 4.78 is 19.5. The number of nitrogens with zero attached hydrogens (tertiary/aromatic N) is 2. The van der Waals surface area contributed by atoms with Crippen molar-refractivity contribution in [1.82, 2.24) is 15.4 Å². The fourth-order valence-corrected chi connectivity index (χ4v) is 2.08. The molecule has 0 aliphatic heterocycles. The topological polar surface area (TPSA) is 73.1 Å². The molecule has 0 radical (unpaired) electrons. The van der Waals surface area contributed by atoms with E-state index in [1.54, 1.807) is 24.3 Å². The van der Waals surface area contributed by atoms with Gasteiger partial charge in [0.25, 0.3) is 0 Å². The number of benzene rings is 1. The Balaban J connectivity index is 2.46. The normalized spacial score (nSPS) is 12.2. The lowest BCUT2D eigenvalue weighted by molar-refractivity contribution is 0.394. The lowest BCUT2D eigenvalue weighted by atomic mass is 10.0. The Bertz CT molecular complexity index is 581. The molecule has 19 heavy (non-hydrogen) atoms. The first-order valence-electron chi connectivity index (χ1n) is 5.43. The van der Waals surface area contributed by atoms with Crippen molar-refractivity contribution in [2.75, 3.05) is 7.11 Å². The predicted octanol–water partition coefficient (Wildman–Crippen LogP) is 1.94. The van der Waals surface area contributed by atoms with Crippen LogP contribution in [0.2, 0.25) is 0 Å². The van der Waals surface area contributed by atoms with Gasteiger partial charge in [-0.1, -0.05) is 12.1 Å². The number of rotatable bonds is 4. The van der Waals surface area contributed by atoms with Crippen molar-refractivity contribution in [1.29, 1.82) is 0 Å². The molecular formula is C12H12BrFN4O. The highest BCUT2D eigenvalue weighted by atomic mass is 79.9. The summed E-state index contributed by atoms with van der Waals surface area (Å²) in [6, 6.07) is 6.00. The first-order valence-corrected chi connectivity index (χ1v) is 6.22. The molecule has 1 atom stereocenters. The van der Waals surface area contributed by atoms with Gasteiger partial charge in [0, 0.05) is 11.6 Å². The molecule has 1 unspecified atom stereocenters. The van der Waals surface area contributed by atoms with E-state index >= 15 is 0 Å². The summed E-state index contributed by atoms with van der Waals surface area (Å²) >= 11 is 3.14. The average molecular weight is 327 g/mol. The molecule has 2 rings (SSSR count). The number of hydrogen-bond donors (Lipinski definition) is 2. The fourth-order valence-electron chi connectivity index (χ4n) is 1.70. The quantitative estimate of drug-likeness (QED) is 0.663. The minimum absolute atomic E-state index is 0.367. The van der Waals surface area contributed by atoms with Crippen LogP contribution in [-0.4, -0.2) is 17.1 Å². The second-order valence-electron chi connectivity index (χ2n) is 3.73. The maximum absolute atomic E-state index is 14.1. The third-order valence-electron chi connectivity index (χ3n) is 2.63. The predicted molar refractivity (Wildman–Crippen MR) is 71.9 cm³/mol. The zero-order chi connectivity index (χ0) is 13.8. The van der Waals surface area contributed by atoms with Crippen LogP contribution in [0.4, 0.5) is 4.39 Å². The molecule has 5 nitrogen and oxygen atoms in total. The van der Waals surface area contributed by atoms with Crippen molar-refractivity contribution < 1.29 is 9.13 Å². The Kier molecular flexibility index (Phi) is 4.41. The number of ether oxygens (including phenoxy) is 1. The van der Waals surface area contributed by atoms with Gasteiger partial charge in [-0.15, -0.1) is 0 Å². The molecule has 100 valence electrons. The van der Waals surface area contributed by atoms with Crippen LogP contribution < -0.4 is 16.0 Å². The van der Waals surface area contributed by atoms with Gasteiger partial charge in [0.1, 0.15) is 12.1 Å². The molecule has 3 N–H and O–H groups in total. The van der Waals surface area contributed by atoms with E-state index in [-0.39, 0.29) is 5.82 Å². The molecule has 0 fully saturated rings. The van der Waals surface area contributed by atoms with E-state index in [4.69, 9.17) is 10.6 Å². The second kappa shape index (κ2) is 6.05. The number of methoxy groups -OCH3 is 1. The summed E-state index contributed by atoms with van der Waals surface area (Å²) in [7, 11) is 1.50. The summed E-state index contributed by atoms with van der Waals surface area (Å²) in [6.07, 6.45) is 1.34. The average Bonchev–Trinajstić information content (AvgIpc) is 2.44. The first kappa shape index (κ1) is 13.9. The van der Waals surface area contributed by atoms with Crippen LogP contribution in [0, 0.1) is 5.82 Å². The van der Waals surface area contributed by atoms with Gasteiger partial charge in [0.2, 0.25) is 5.88 Å². The van der Waals surface area contributed by atoms with Crippen molar-refractivity contribution in [3.63, 3.8) is 0 Å². The summed E-state index contributed by atoms with van der Waals surface area (Å²) in [6.45, 7) is 0. The summed E-state index contributed by atoms with van der Waals surface area (Å²) in [5.41, 5.74) is 3.45. The van der Waals surface area contributed by atoms with Gasteiger partial charge >= 0.3 is 0 Å². The maximum Gasteiger partial charge on any atom is 0.216 e. The number of nitrogens with two attached hydrogens (primary N) is 1. The molecule has 1 aromatic carbocycles. The lowest BCUT2D eigenvalue weighted by Gasteiger charge is -2.17. The van der Waals surface area contributed by atoms with Crippen LogP contribution in [0.3, 0.4) is 0 Å². The number of nitrogens with one attached hydrogen (secondary N) is 1. The zero-order valence-corrected chi connectivity index (χ0v) is 11.7. The number of aromatic nitrogens is 2. The Morgan fingerprint density at radius 2 is 2.21 bits per heavy atom. The monoisotopic (exact) mass is 326 g/mol. The molecule has 1 aromatic heterocycles. The fraction of sp³-hybridized carbons (Fsp3) is 0.167. The van der Waals surface area contributed by atoms with Crippen molar-refractivity contribution in [2.45, 2.75) is 6.04 Å². The molecule has 0 bridgehead atoms. The highest BCUT2D eigenvalue weighted by Gasteiger charge is 2.20. The van der Waals surface area contributed by atoms with Crippen LogP contribution in [-0.2, 0) is 0 Å². The number of halogens is 2. The molecular weight excluding hydrogens is 315 g/mol. The van der Waals surface area contributed by atoms with Gasteiger partial charge < -0.3 is 4.74 Å². The smallest absolute Gasteiger partial charge is 0.216 e. The Hall–Kier alpha value is -1.57. The van der Waals surface area contributed by atoms with Gasteiger partial charge in [0.15, 0.2) is 0 Å². The minimum atomic E-state index is -0.589. The van der Waals surface area contributed by atoms with E-state index < -0.39 is 6.04 Å². The Morgan fingerprint density at radius 3 is 2.89 bits per heavy atom. The Morgan fingerprint density at radius 1 is 1.42 bits per heavy atom. The van der Waals surface area contributed by atoms with E-state index in [0.717, 1.165) is 0 Å². The SMILES string of the molecule is COc1cc(C(NN)c2cccc(Br)c2F)ncn1. The van der Waals surface area contributed by atoms with Crippen LogP contribution in [0.15, 0.2) is 35.1 Å². The maximum atomic E-state index is 14.1. The van der Waals surface area contributed by atoms with Crippen molar-refractivity contribution in [3.8, 4) is 5.88 Å².